The average Bonchev–Trinajstić information content (AvgIpc) is 3.69. The van der Waals surface area contributed by atoms with Gasteiger partial charge < -0.3 is 20.1 Å². The molecule has 8 nitrogen and oxygen atoms in total. The van der Waals surface area contributed by atoms with Crippen molar-refractivity contribution in [1.29, 1.82) is 5.26 Å². The number of nitriles is 1. The molecule has 2 aliphatic carbocycles. The highest BCUT2D eigenvalue weighted by Gasteiger charge is 2.37. The second-order valence-corrected chi connectivity index (χ2v) is 9.25. The molecule has 1 heterocycles. The van der Waals surface area contributed by atoms with Crippen molar-refractivity contribution in [3.05, 3.63) is 29.8 Å². The predicted octanol–water partition coefficient (Wildman–Crippen LogP) is 2.10. The lowest BCUT2D eigenvalue weighted by Gasteiger charge is -2.32. The summed E-state index contributed by atoms with van der Waals surface area (Å²) in [5.74, 6) is 0.434. The summed E-state index contributed by atoms with van der Waals surface area (Å²) in [6, 6.07) is 8.73. The van der Waals surface area contributed by atoms with Crippen molar-refractivity contribution in [1.82, 2.24) is 15.5 Å². The van der Waals surface area contributed by atoms with E-state index in [0.717, 1.165) is 77.1 Å². The minimum Gasteiger partial charge on any atom is -0.492 e. The maximum absolute atomic E-state index is 12.9. The first-order valence-electron chi connectivity index (χ1n) is 12.2. The molecule has 3 fully saturated rings. The van der Waals surface area contributed by atoms with E-state index in [1.807, 2.05) is 12.1 Å². The molecule has 3 atom stereocenters. The van der Waals surface area contributed by atoms with E-state index in [0.29, 0.717) is 12.2 Å². The Morgan fingerprint density at radius 1 is 1.12 bits per heavy atom. The van der Waals surface area contributed by atoms with Gasteiger partial charge in [0, 0.05) is 31.2 Å². The third kappa shape index (κ3) is 6.68. The Kier molecular flexibility index (Phi) is 8.19. The van der Waals surface area contributed by atoms with Gasteiger partial charge in [-0.2, -0.15) is 5.26 Å². The summed E-state index contributed by atoms with van der Waals surface area (Å²) in [5, 5.41) is 15.3. The van der Waals surface area contributed by atoms with Crippen LogP contribution in [0.4, 0.5) is 0 Å². The fourth-order valence-electron chi connectivity index (χ4n) is 4.63. The van der Waals surface area contributed by atoms with Crippen LogP contribution in [0, 0.1) is 23.2 Å². The number of carbonyl (C=O) groups is 2. The maximum atomic E-state index is 12.9. The van der Waals surface area contributed by atoms with Gasteiger partial charge in [-0.05, 0) is 55.9 Å². The van der Waals surface area contributed by atoms with Crippen LogP contribution in [0.2, 0.25) is 0 Å². The van der Waals surface area contributed by atoms with Gasteiger partial charge in [-0.1, -0.05) is 12.8 Å². The van der Waals surface area contributed by atoms with Crippen molar-refractivity contribution in [2.45, 2.75) is 50.6 Å². The van der Waals surface area contributed by atoms with E-state index < -0.39 is 6.04 Å². The molecule has 0 bridgehead atoms. The topological polar surface area (TPSA) is 104 Å². The minimum atomic E-state index is -0.411. The van der Waals surface area contributed by atoms with Crippen molar-refractivity contribution >= 4 is 11.8 Å². The van der Waals surface area contributed by atoms with E-state index in [2.05, 4.69) is 21.6 Å². The summed E-state index contributed by atoms with van der Waals surface area (Å²) in [7, 11) is 0. The van der Waals surface area contributed by atoms with Gasteiger partial charge >= 0.3 is 0 Å². The van der Waals surface area contributed by atoms with Crippen molar-refractivity contribution in [3.63, 3.8) is 0 Å². The zero-order valence-electron chi connectivity index (χ0n) is 19.1. The SMILES string of the molecule is N#C[C@@H](NC(=O)[C@@H]1CCCC[C@@H]1NC(=O)c1ccc(OCCN2CCOCC2)cc1)C1CC1. The molecule has 2 N–H and O–H groups in total. The number of nitrogens with one attached hydrogen (secondary N) is 2. The molecule has 2 saturated carbocycles. The Labute approximate surface area is 195 Å². The lowest BCUT2D eigenvalue weighted by Crippen LogP contribution is -2.50. The van der Waals surface area contributed by atoms with Crippen molar-refractivity contribution < 1.29 is 19.1 Å². The molecule has 8 heteroatoms. The summed E-state index contributed by atoms with van der Waals surface area (Å²) in [6.07, 6.45) is 5.44. The number of nitrogens with zero attached hydrogens (tertiary/aromatic N) is 2. The van der Waals surface area contributed by atoms with Gasteiger partial charge in [0.15, 0.2) is 0 Å². The van der Waals surface area contributed by atoms with E-state index in [1.54, 1.807) is 12.1 Å². The predicted molar refractivity (Wildman–Crippen MR) is 123 cm³/mol. The molecule has 1 aromatic carbocycles. The molecule has 178 valence electrons. The number of carbonyl (C=O) groups excluding carboxylic acids is 2. The van der Waals surface area contributed by atoms with Gasteiger partial charge in [0.05, 0.1) is 25.2 Å². The fourth-order valence-corrected chi connectivity index (χ4v) is 4.63. The molecule has 3 aliphatic rings. The first kappa shape index (κ1) is 23.5. The smallest absolute Gasteiger partial charge is 0.251 e. The third-order valence-electron chi connectivity index (χ3n) is 6.85. The van der Waals surface area contributed by atoms with Gasteiger partial charge in [-0.3, -0.25) is 14.5 Å². The highest BCUT2D eigenvalue weighted by Crippen LogP contribution is 2.33. The Bertz CT molecular complexity index is 843. The van der Waals surface area contributed by atoms with Crippen LogP contribution in [0.15, 0.2) is 24.3 Å². The molecule has 0 radical (unpaired) electrons. The molecule has 2 amide bonds. The zero-order chi connectivity index (χ0) is 23.0. The lowest BCUT2D eigenvalue weighted by atomic mass is 9.83. The Hall–Kier alpha value is -2.63. The summed E-state index contributed by atoms with van der Waals surface area (Å²) in [6.45, 7) is 4.85. The van der Waals surface area contributed by atoms with Crippen LogP contribution in [0.25, 0.3) is 0 Å². The summed E-state index contributed by atoms with van der Waals surface area (Å²) in [5.41, 5.74) is 0.549. The van der Waals surface area contributed by atoms with E-state index in [-0.39, 0.29) is 29.7 Å². The highest BCUT2D eigenvalue weighted by atomic mass is 16.5. The van der Waals surface area contributed by atoms with Crippen LogP contribution in [0.3, 0.4) is 0 Å². The molecule has 33 heavy (non-hydrogen) atoms. The summed E-state index contributed by atoms with van der Waals surface area (Å²) >= 11 is 0. The molecule has 1 aromatic rings. The minimum absolute atomic E-state index is 0.109. The zero-order valence-corrected chi connectivity index (χ0v) is 19.1. The first-order valence-corrected chi connectivity index (χ1v) is 12.2. The van der Waals surface area contributed by atoms with Crippen LogP contribution in [-0.4, -0.2) is 68.3 Å². The molecule has 0 spiro atoms. The summed E-state index contributed by atoms with van der Waals surface area (Å²) < 4.78 is 11.2. The summed E-state index contributed by atoms with van der Waals surface area (Å²) in [4.78, 5) is 28.0. The van der Waals surface area contributed by atoms with Gasteiger partial charge in [0.1, 0.15) is 18.4 Å². The maximum Gasteiger partial charge on any atom is 0.251 e. The largest absolute Gasteiger partial charge is 0.492 e. The normalized spacial score (nSPS) is 24.3. The van der Waals surface area contributed by atoms with Crippen LogP contribution in [0.5, 0.6) is 5.75 Å². The van der Waals surface area contributed by atoms with Crippen LogP contribution < -0.4 is 15.4 Å². The fraction of sp³-hybridized carbons (Fsp3) is 0.640. The molecule has 1 saturated heterocycles. The third-order valence-corrected chi connectivity index (χ3v) is 6.85. The number of hydrogen-bond donors (Lipinski definition) is 2. The van der Waals surface area contributed by atoms with E-state index >= 15 is 0 Å². The number of benzene rings is 1. The Morgan fingerprint density at radius 2 is 1.85 bits per heavy atom. The van der Waals surface area contributed by atoms with Gasteiger partial charge in [0.2, 0.25) is 5.91 Å². The van der Waals surface area contributed by atoms with Crippen molar-refractivity contribution in [2.75, 3.05) is 39.5 Å². The number of amides is 2. The molecule has 0 aromatic heterocycles. The molecular weight excluding hydrogens is 420 g/mol. The number of rotatable bonds is 9. The number of morpholine rings is 1. The molecule has 4 rings (SSSR count). The van der Waals surface area contributed by atoms with Crippen molar-refractivity contribution in [2.24, 2.45) is 11.8 Å². The van der Waals surface area contributed by atoms with Gasteiger partial charge in [0.25, 0.3) is 5.91 Å². The van der Waals surface area contributed by atoms with E-state index in [9.17, 15) is 14.9 Å². The molecule has 1 aliphatic heterocycles. The second kappa shape index (κ2) is 11.5. The Morgan fingerprint density at radius 3 is 2.55 bits per heavy atom. The van der Waals surface area contributed by atoms with E-state index in [1.165, 1.54) is 0 Å². The standard InChI is InChI=1S/C25H34N4O4/c26-17-23(18-5-6-18)28-25(31)21-3-1-2-4-22(21)27-24(30)19-7-9-20(10-8-19)33-16-13-29-11-14-32-15-12-29/h7-10,18,21-23H,1-6,11-16H2,(H,27,30)(H,28,31)/t21-,22+,23-/m1/s1. The lowest BCUT2D eigenvalue weighted by molar-refractivity contribution is -0.127. The Balaban J connectivity index is 1.26. The average molecular weight is 455 g/mol. The molecular formula is C25H34N4O4. The first-order chi connectivity index (χ1) is 16.1. The quantitative estimate of drug-likeness (QED) is 0.592. The number of ether oxygens (including phenoxy) is 2. The van der Waals surface area contributed by atoms with Crippen LogP contribution in [0.1, 0.15) is 48.9 Å². The molecule has 0 unspecified atom stereocenters. The van der Waals surface area contributed by atoms with Gasteiger partial charge in [-0.15, -0.1) is 0 Å². The van der Waals surface area contributed by atoms with Crippen molar-refractivity contribution in [3.8, 4) is 11.8 Å². The number of hydrogen-bond acceptors (Lipinski definition) is 6. The van der Waals surface area contributed by atoms with Gasteiger partial charge in [-0.25, -0.2) is 0 Å². The van der Waals surface area contributed by atoms with Crippen LogP contribution >= 0.6 is 0 Å². The van der Waals surface area contributed by atoms with Crippen LogP contribution in [-0.2, 0) is 9.53 Å². The van der Waals surface area contributed by atoms with E-state index in [4.69, 9.17) is 9.47 Å². The monoisotopic (exact) mass is 454 g/mol. The second-order valence-electron chi connectivity index (χ2n) is 9.25. The highest BCUT2D eigenvalue weighted by molar-refractivity contribution is 5.95.